The van der Waals surface area contributed by atoms with E-state index in [1.165, 1.54) is 6.42 Å². The summed E-state index contributed by atoms with van der Waals surface area (Å²) in [6.45, 7) is 1.58. The minimum absolute atomic E-state index is 0.120. The van der Waals surface area contributed by atoms with Crippen LogP contribution in [0.5, 0.6) is 5.75 Å². The predicted molar refractivity (Wildman–Crippen MR) is 99.3 cm³/mol. The largest absolute Gasteiger partial charge is 0.494 e. The van der Waals surface area contributed by atoms with Gasteiger partial charge in [-0.2, -0.15) is 5.10 Å². The summed E-state index contributed by atoms with van der Waals surface area (Å²) in [5.74, 6) is 1.10. The number of aryl methyl sites for hydroxylation is 1. The van der Waals surface area contributed by atoms with E-state index in [1.54, 1.807) is 18.0 Å². The Kier molecular flexibility index (Phi) is 4.24. The summed E-state index contributed by atoms with van der Waals surface area (Å²) in [6.07, 6.45) is 7.00. The molecule has 0 bridgehead atoms. The van der Waals surface area contributed by atoms with Gasteiger partial charge in [-0.1, -0.05) is 0 Å². The van der Waals surface area contributed by atoms with Crippen LogP contribution >= 0.6 is 0 Å². The van der Waals surface area contributed by atoms with Crippen molar-refractivity contribution in [2.45, 2.75) is 19.3 Å². The van der Waals surface area contributed by atoms with Crippen molar-refractivity contribution < 1.29 is 9.53 Å². The first-order valence-electron chi connectivity index (χ1n) is 8.77. The van der Waals surface area contributed by atoms with Gasteiger partial charge in [0.1, 0.15) is 16.8 Å². The maximum Gasteiger partial charge on any atom is 0.324 e. The monoisotopic (exact) mass is 354 g/mol. The van der Waals surface area contributed by atoms with E-state index < -0.39 is 0 Å². The first kappa shape index (κ1) is 16.4. The third kappa shape index (κ3) is 2.98. The van der Waals surface area contributed by atoms with Crippen LogP contribution in [0.3, 0.4) is 0 Å². The van der Waals surface area contributed by atoms with Gasteiger partial charge in [-0.25, -0.2) is 9.78 Å². The number of hydrogen-bond donors (Lipinski definition) is 2. The van der Waals surface area contributed by atoms with Gasteiger partial charge in [0.25, 0.3) is 0 Å². The number of amides is 2. The van der Waals surface area contributed by atoms with Crippen LogP contribution in [0.4, 0.5) is 10.7 Å². The van der Waals surface area contributed by atoms with Crippen LogP contribution in [0.15, 0.2) is 24.5 Å². The van der Waals surface area contributed by atoms with E-state index in [4.69, 9.17) is 4.74 Å². The van der Waals surface area contributed by atoms with E-state index in [0.29, 0.717) is 11.7 Å². The van der Waals surface area contributed by atoms with Crippen LogP contribution in [0.2, 0.25) is 0 Å². The number of fused-ring (bicyclic) bond motifs is 1. The molecule has 8 nitrogen and oxygen atoms in total. The van der Waals surface area contributed by atoms with Crippen molar-refractivity contribution in [3.8, 4) is 16.9 Å². The topological polar surface area (TPSA) is 88.1 Å². The van der Waals surface area contributed by atoms with Gasteiger partial charge in [0.2, 0.25) is 5.95 Å². The number of nitrogens with zero attached hydrogens (tertiary/aromatic N) is 4. The van der Waals surface area contributed by atoms with Crippen LogP contribution in [-0.2, 0) is 7.05 Å². The molecule has 1 saturated heterocycles. The molecule has 0 spiro atoms. The molecule has 0 radical (unpaired) electrons. The fourth-order valence-corrected chi connectivity index (χ4v) is 3.37. The third-order valence-electron chi connectivity index (χ3n) is 4.71. The van der Waals surface area contributed by atoms with Crippen molar-refractivity contribution in [1.29, 1.82) is 0 Å². The van der Waals surface area contributed by atoms with E-state index in [0.717, 1.165) is 48.1 Å². The van der Waals surface area contributed by atoms with E-state index in [9.17, 15) is 4.79 Å². The Morgan fingerprint density at radius 2 is 2.08 bits per heavy atom. The fourth-order valence-electron chi connectivity index (χ4n) is 3.37. The number of carbonyl (C=O) groups is 1. The van der Waals surface area contributed by atoms with E-state index in [-0.39, 0.29) is 6.03 Å². The average Bonchev–Trinajstić information content (AvgIpc) is 3.27. The number of nitrogens with one attached hydrogen (secondary N) is 2. The molecule has 4 rings (SSSR count). The van der Waals surface area contributed by atoms with Crippen molar-refractivity contribution in [3.05, 3.63) is 24.5 Å². The van der Waals surface area contributed by atoms with Gasteiger partial charge in [0, 0.05) is 37.5 Å². The quantitative estimate of drug-likeness (QED) is 0.757. The maximum atomic E-state index is 12.5. The SMILES string of the molecule is COc1ccc(-c2cnn(C)c2)c2nc(NC(=O)N3CCCCC3)[nH]c12. The molecule has 2 amide bonds. The molecule has 1 aliphatic rings. The number of piperidine rings is 1. The average molecular weight is 354 g/mol. The lowest BCUT2D eigenvalue weighted by Crippen LogP contribution is -2.38. The Morgan fingerprint density at radius 3 is 2.77 bits per heavy atom. The van der Waals surface area contributed by atoms with Crippen LogP contribution in [0, 0.1) is 0 Å². The standard InChI is InChI=1S/C18H22N6O2/c1-23-11-12(10-19-23)13-6-7-14(26-2)16-15(13)20-17(21-16)22-18(25)24-8-4-3-5-9-24/h6-7,10-11H,3-5,8-9H2,1-2H3,(H2,20,21,22,25). The Labute approximate surface area is 151 Å². The number of anilines is 1. The molecule has 0 atom stereocenters. The molecular formula is C18H22N6O2. The molecule has 3 heterocycles. The Bertz CT molecular complexity index is 938. The minimum Gasteiger partial charge on any atom is -0.494 e. The maximum absolute atomic E-state index is 12.5. The van der Waals surface area contributed by atoms with E-state index in [2.05, 4.69) is 20.4 Å². The molecule has 2 aromatic heterocycles. The number of urea groups is 1. The van der Waals surface area contributed by atoms with E-state index >= 15 is 0 Å². The number of benzene rings is 1. The number of likely N-dealkylation sites (tertiary alicyclic amines) is 1. The lowest BCUT2D eigenvalue weighted by molar-refractivity contribution is 0.200. The number of aromatic amines is 1. The molecule has 2 N–H and O–H groups in total. The summed E-state index contributed by atoms with van der Waals surface area (Å²) in [5, 5.41) is 7.11. The second-order valence-electron chi connectivity index (χ2n) is 6.50. The molecule has 0 aliphatic carbocycles. The van der Waals surface area contributed by atoms with E-state index in [1.807, 2.05) is 30.3 Å². The molecule has 1 aromatic carbocycles. The first-order valence-corrected chi connectivity index (χ1v) is 8.77. The highest BCUT2D eigenvalue weighted by molar-refractivity contribution is 5.98. The Hall–Kier alpha value is -3.03. The summed E-state index contributed by atoms with van der Waals surface area (Å²) in [7, 11) is 3.49. The number of H-pyrrole nitrogens is 1. The first-order chi connectivity index (χ1) is 12.7. The smallest absolute Gasteiger partial charge is 0.324 e. The zero-order valence-electron chi connectivity index (χ0n) is 15.0. The number of carbonyl (C=O) groups excluding carboxylic acids is 1. The second-order valence-corrected chi connectivity index (χ2v) is 6.50. The number of rotatable bonds is 3. The fraction of sp³-hybridized carbons (Fsp3) is 0.389. The van der Waals surface area contributed by atoms with Gasteiger partial charge in [0.05, 0.1) is 13.3 Å². The summed E-state index contributed by atoms with van der Waals surface area (Å²) >= 11 is 0. The Balaban J connectivity index is 1.69. The van der Waals surface area contributed by atoms with Gasteiger partial charge in [-0.3, -0.25) is 10.00 Å². The zero-order chi connectivity index (χ0) is 18.1. The molecule has 136 valence electrons. The van der Waals surface area contributed by atoms with Gasteiger partial charge in [0.15, 0.2) is 0 Å². The highest BCUT2D eigenvalue weighted by Crippen LogP contribution is 2.33. The zero-order valence-corrected chi connectivity index (χ0v) is 15.0. The number of aromatic nitrogens is 4. The summed E-state index contributed by atoms with van der Waals surface area (Å²) < 4.78 is 7.19. The van der Waals surface area contributed by atoms with Crippen LogP contribution in [-0.4, -0.2) is 50.9 Å². The number of methoxy groups -OCH3 is 1. The molecule has 0 saturated carbocycles. The van der Waals surface area contributed by atoms with Crippen molar-refractivity contribution in [3.63, 3.8) is 0 Å². The van der Waals surface area contributed by atoms with Crippen molar-refractivity contribution >= 4 is 23.0 Å². The van der Waals surface area contributed by atoms with Crippen LogP contribution in [0.1, 0.15) is 19.3 Å². The van der Waals surface area contributed by atoms with Gasteiger partial charge >= 0.3 is 6.03 Å². The number of ether oxygens (including phenoxy) is 1. The van der Waals surface area contributed by atoms with Gasteiger partial charge < -0.3 is 14.6 Å². The molecule has 0 unspecified atom stereocenters. The Morgan fingerprint density at radius 1 is 1.27 bits per heavy atom. The third-order valence-corrected chi connectivity index (χ3v) is 4.71. The lowest BCUT2D eigenvalue weighted by Gasteiger charge is -2.26. The molecule has 26 heavy (non-hydrogen) atoms. The molecule has 1 aliphatic heterocycles. The highest BCUT2D eigenvalue weighted by atomic mass is 16.5. The highest BCUT2D eigenvalue weighted by Gasteiger charge is 2.19. The predicted octanol–water partition coefficient (Wildman–Crippen LogP) is 2.99. The van der Waals surface area contributed by atoms with Crippen LogP contribution in [0.25, 0.3) is 22.2 Å². The number of hydrogen-bond acceptors (Lipinski definition) is 4. The summed E-state index contributed by atoms with van der Waals surface area (Å²) in [6, 6.07) is 3.72. The molecule has 8 heteroatoms. The van der Waals surface area contributed by atoms with Crippen molar-refractivity contribution in [1.82, 2.24) is 24.6 Å². The van der Waals surface area contributed by atoms with Gasteiger partial charge in [-0.05, 0) is 31.4 Å². The lowest BCUT2D eigenvalue weighted by atomic mass is 10.1. The second kappa shape index (κ2) is 6.70. The molecule has 3 aromatic rings. The normalized spacial score (nSPS) is 14.6. The van der Waals surface area contributed by atoms with Crippen molar-refractivity contribution in [2.24, 2.45) is 7.05 Å². The summed E-state index contributed by atoms with van der Waals surface area (Å²) in [5.41, 5.74) is 3.39. The van der Waals surface area contributed by atoms with Crippen LogP contribution < -0.4 is 10.1 Å². The van der Waals surface area contributed by atoms with Crippen molar-refractivity contribution in [2.75, 3.05) is 25.5 Å². The molecular weight excluding hydrogens is 332 g/mol. The summed E-state index contributed by atoms with van der Waals surface area (Å²) in [4.78, 5) is 22.1. The molecule has 1 fully saturated rings. The minimum atomic E-state index is -0.120. The number of imidazole rings is 1. The van der Waals surface area contributed by atoms with Gasteiger partial charge in [-0.15, -0.1) is 0 Å².